The molecule has 0 aliphatic rings. The van der Waals surface area contributed by atoms with Crippen LogP contribution in [0.4, 0.5) is 0 Å². The number of carbonyl (C=O) groups is 1. The van der Waals surface area contributed by atoms with Crippen molar-refractivity contribution in [1.29, 1.82) is 0 Å². The van der Waals surface area contributed by atoms with Crippen LogP contribution in [0.5, 0.6) is 0 Å². The van der Waals surface area contributed by atoms with E-state index in [2.05, 4.69) is 4.99 Å². The molecule has 9 nitrogen and oxygen atoms in total. The summed E-state index contributed by atoms with van der Waals surface area (Å²) >= 11 is 0. The first-order valence-electron chi connectivity index (χ1n) is 4.13. The Bertz CT molecular complexity index is 303. The average molecular weight is 256 g/mol. The number of aldehydes is 1. The Morgan fingerprint density at radius 1 is 1.38 bits per heavy atom. The number of aliphatic imine (C=N–C) groups is 1. The second-order valence-electron chi connectivity index (χ2n) is 2.70. The maximum Gasteiger partial charge on any atom is 0.394 e. The van der Waals surface area contributed by atoms with Crippen molar-refractivity contribution in [2.45, 2.75) is 18.9 Å². The molecule has 0 rings (SSSR count). The van der Waals surface area contributed by atoms with Gasteiger partial charge in [-0.15, -0.1) is 0 Å². The molecule has 10 heteroatoms. The summed E-state index contributed by atoms with van der Waals surface area (Å²) in [6, 6.07) is -0.385. The van der Waals surface area contributed by atoms with Crippen molar-refractivity contribution in [3.63, 3.8) is 0 Å². The summed E-state index contributed by atoms with van der Waals surface area (Å²) in [5.41, 5.74) is 15.4. The average Bonchev–Trinajstić information content (AvgIpc) is 2.09. The first-order valence-corrected chi connectivity index (χ1v) is 5.52. The van der Waals surface area contributed by atoms with Crippen molar-refractivity contribution in [1.82, 2.24) is 0 Å². The highest BCUT2D eigenvalue weighted by Gasteiger charge is 1.97. The van der Waals surface area contributed by atoms with Crippen LogP contribution >= 0.6 is 0 Å². The molecule has 16 heavy (non-hydrogen) atoms. The Morgan fingerprint density at radius 3 is 2.12 bits per heavy atom. The maximum atomic E-state index is 10.0. The standard InChI is InChI=1S/C6H14N4O.H2O4S/c7-5(4-11)2-1-3-10-6(8)9;1-5(2,3)4/h4-5H,1-3,7H2,(H4,8,9,10);(H2,1,2,3,4)/t5-;/m1./s1. The highest BCUT2D eigenvalue weighted by molar-refractivity contribution is 7.79. The molecule has 0 amide bonds. The third-order valence-electron chi connectivity index (χ3n) is 1.16. The summed E-state index contributed by atoms with van der Waals surface area (Å²) in [5.74, 6) is 0.0738. The third kappa shape index (κ3) is 29.3. The van der Waals surface area contributed by atoms with Gasteiger partial charge in [-0.1, -0.05) is 0 Å². The van der Waals surface area contributed by atoms with Gasteiger partial charge in [0.2, 0.25) is 0 Å². The lowest BCUT2D eigenvalue weighted by atomic mass is 10.2. The summed E-state index contributed by atoms with van der Waals surface area (Å²) in [5, 5.41) is 0. The van der Waals surface area contributed by atoms with E-state index in [1.165, 1.54) is 0 Å². The third-order valence-corrected chi connectivity index (χ3v) is 1.16. The van der Waals surface area contributed by atoms with Crippen molar-refractivity contribution >= 4 is 22.6 Å². The molecule has 0 unspecified atom stereocenters. The van der Waals surface area contributed by atoms with Crippen LogP contribution in [-0.4, -0.2) is 42.4 Å². The van der Waals surface area contributed by atoms with Crippen molar-refractivity contribution < 1.29 is 22.3 Å². The second kappa shape index (κ2) is 9.03. The van der Waals surface area contributed by atoms with Crippen LogP contribution in [0.15, 0.2) is 4.99 Å². The molecule has 1 atom stereocenters. The predicted molar refractivity (Wildman–Crippen MR) is 58.1 cm³/mol. The van der Waals surface area contributed by atoms with Gasteiger partial charge in [0.1, 0.15) is 6.29 Å². The molecule has 0 spiro atoms. The molecule has 0 saturated heterocycles. The minimum Gasteiger partial charge on any atom is -0.370 e. The normalized spacial score (nSPS) is 11.9. The number of hydrogen-bond acceptors (Lipinski definition) is 5. The summed E-state index contributed by atoms with van der Waals surface area (Å²) in [6.07, 6.45) is 2.08. The smallest absolute Gasteiger partial charge is 0.370 e. The quantitative estimate of drug-likeness (QED) is 0.122. The van der Waals surface area contributed by atoms with Gasteiger partial charge in [0.05, 0.1) is 6.04 Å². The minimum atomic E-state index is -4.67. The highest BCUT2D eigenvalue weighted by Crippen LogP contribution is 1.91. The molecule has 96 valence electrons. The van der Waals surface area contributed by atoms with Crippen molar-refractivity contribution in [2.24, 2.45) is 22.2 Å². The van der Waals surface area contributed by atoms with Crippen molar-refractivity contribution in [3.05, 3.63) is 0 Å². The lowest BCUT2D eigenvalue weighted by Gasteiger charge is -2.00. The highest BCUT2D eigenvalue weighted by atomic mass is 32.3. The molecular weight excluding hydrogens is 240 g/mol. The van der Waals surface area contributed by atoms with Gasteiger partial charge in [0.15, 0.2) is 5.96 Å². The summed E-state index contributed by atoms with van der Waals surface area (Å²) in [4.78, 5) is 13.8. The Hall–Kier alpha value is -1.23. The molecule has 0 aromatic rings. The van der Waals surface area contributed by atoms with Gasteiger partial charge in [0.25, 0.3) is 0 Å². The summed E-state index contributed by atoms with van der Waals surface area (Å²) in [6.45, 7) is 0.532. The number of carbonyl (C=O) groups excluding carboxylic acids is 1. The lowest BCUT2D eigenvalue weighted by molar-refractivity contribution is -0.109. The second-order valence-corrected chi connectivity index (χ2v) is 3.59. The lowest BCUT2D eigenvalue weighted by Crippen LogP contribution is -2.24. The largest absolute Gasteiger partial charge is 0.394 e. The number of nitrogens with two attached hydrogens (primary N) is 3. The fraction of sp³-hybridized carbons (Fsp3) is 0.667. The summed E-state index contributed by atoms with van der Waals surface area (Å²) < 4.78 is 31.6. The zero-order valence-corrected chi connectivity index (χ0v) is 9.30. The van der Waals surface area contributed by atoms with E-state index in [0.717, 1.165) is 12.7 Å². The van der Waals surface area contributed by atoms with Crippen LogP contribution in [0.25, 0.3) is 0 Å². The zero-order valence-electron chi connectivity index (χ0n) is 8.48. The number of rotatable bonds is 5. The van der Waals surface area contributed by atoms with Crippen LogP contribution in [0.1, 0.15) is 12.8 Å². The van der Waals surface area contributed by atoms with Gasteiger partial charge in [-0.05, 0) is 12.8 Å². The molecule has 0 aromatic carbocycles. The zero-order chi connectivity index (χ0) is 13.2. The molecule has 0 aromatic heterocycles. The van der Waals surface area contributed by atoms with Crippen LogP contribution in [0.2, 0.25) is 0 Å². The van der Waals surface area contributed by atoms with E-state index in [1.807, 2.05) is 0 Å². The predicted octanol–water partition coefficient (Wildman–Crippen LogP) is -2.09. The van der Waals surface area contributed by atoms with Crippen molar-refractivity contribution in [2.75, 3.05) is 6.54 Å². The first kappa shape index (κ1) is 17.2. The minimum absolute atomic E-state index is 0.0738. The number of guanidine groups is 1. The molecule has 0 fully saturated rings. The fourth-order valence-electron chi connectivity index (χ4n) is 0.603. The van der Waals surface area contributed by atoms with E-state index in [0.29, 0.717) is 13.0 Å². The molecule has 0 bridgehead atoms. The van der Waals surface area contributed by atoms with E-state index in [1.54, 1.807) is 0 Å². The topological polar surface area (TPSA) is 182 Å². The molecule has 0 aliphatic heterocycles. The fourth-order valence-corrected chi connectivity index (χ4v) is 0.603. The van der Waals surface area contributed by atoms with Crippen LogP contribution < -0.4 is 17.2 Å². The summed E-state index contributed by atoms with van der Waals surface area (Å²) in [7, 11) is -4.67. The van der Waals surface area contributed by atoms with E-state index in [9.17, 15) is 4.79 Å². The molecule has 0 aliphatic carbocycles. The van der Waals surface area contributed by atoms with E-state index in [-0.39, 0.29) is 12.0 Å². The van der Waals surface area contributed by atoms with Gasteiger partial charge in [-0.2, -0.15) is 8.42 Å². The molecule has 8 N–H and O–H groups in total. The van der Waals surface area contributed by atoms with Gasteiger partial charge in [-0.25, -0.2) is 0 Å². The SMILES string of the molecule is NC(N)=NCCC[C@@H](N)C=O.O=S(=O)(O)O. The van der Waals surface area contributed by atoms with Crippen LogP contribution in [0.3, 0.4) is 0 Å². The maximum absolute atomic E-state index is 10.0. The molecule has 0 saturated carbocycles. The Balaban J connectivity index is 0. The molecular formula is C6H16N4O5S. The number of hydrogen-bond donors (Lipinski definition) is 5. The Labute approximate surface area is 93.3 Å². The molecule has 0 radical (unpaired) electrons. The van der Waals surface area contributed by atoms with Gasteiger partial charge < -0.3 is 22.0 Å². The van der Waals surface area contributed by atoms with Crippen LogP contribution in [-0.2, 0) is 15.2 Å². The van der Waals surface area contributed by atoms with E-state index >= 15 is 0 Å². The molecule has 0 heterocycles. The monoisotopic (exact) mass is 256 g/mol. The Morgan fingerprint density at radius 2 is 1.81 bits per heavy atom. The first-order chi connectivity index (χ1) is 7.16. The number of nitrogens with zero attached hydrogens (tertiary/aromatic N) is 1. The van der Waals surface area contributed by atoms with Gasteiger partial charge in [-0.3, -0.25) is 14.1 Å². The van der Waals surface area contributed by atoms with E-state index in [4.69, 9.17) is 34.7 Å². The van der Waals surface area contributed by atoms with E-state index < -0.39 is 10.4 Å². The Kier molecular flexibility index (Phi) is 9.69. The van der Waals surface area contributed by atoms with Crippen LogP contribution in [0, 0.1) is 0 Å². The van der Waals surface area contributed by atoms with Crippen molar-refractivity contribution in [3.8, 4) is 0 Å². The van der Waals surface area contributed by atoms with Gasteiger partial charge >= 0.3 is 10.4 Å². The van der Waals surface area contributed by atoms with Gasteiger partial charge in [0, 0.05) is 6.54 Å².